The van der Waals surface area contributed by atoms with Crippen LogP contribution in [0.2, 0.25) is 0 Å². The second kappa shape index (κ2) is 7.59. The third kappa shape index (κ3) is 3.77. The van der Waals surface area contributed by atoms with E-state index in [1.807, 2.05) is 12.1 Å². The van der Waals surface area contributed by atoms with Gasteiger partial charge in [-0.15, -0.1) is 0 Å². The van der Waals surface area contributed by atoms with Crippen LogP contribution in [0.25, 0.3) is 0 Å². The minimum Gasteiger partial charge on any atom is -0.491 e. The van der Waals surface area contributed by atoms with Crippen molar-refractivity contribution in [3.63, 3.8) is 0 Å². The van der Waals surface area contributed by atoms with E-state index >= 15 is 0 Å². The molecule has 0 aliphatic rings. The Morgan fingerprint density at radius 2 is 1.60 bits per heavy atom. The molecule has 0 atom stereocenters. The molecule has 2 aromatic carbocycles. The standard InChI is InChI=1S/C18H23NO/c1-3-16-10-8-9-13-18(16)20-15-14-19(4-2)17-11-6-5-7-12-17/h5-13H,3-4,14-15H2,1-2H3. The minimum absolute atomic E-state index is 0.708. The maximum Gasteiger partial charge on any atom is 0.122 e. The molecule has 0 bridgehead atoms. The van der Waals surface area contributed by atoms with Crippen LogP contribution in [0, 0.1) is 0 Å². The van der Waals surface area contributed by atoms with E-state index in [0.29, 0.717) is 6.61 Å². The van der Waals surface area contributed by atoms with Gasteiger partial charge in [0.15, 0.2) is 0 Å². The van der Waals surface area contributed by atoms with Gasteiger partial charge in [0.05, 0.1) is 6.54 Å². The van der Waals surface area contributed by atoms with Crippen molar-refractivity contribution in [3.05, 3.63) is 60.2 Å². The van der Waals surface area contributed by atoms with Gasteiger partial charge in [0, 0.05) is 12.2 Å². The van der Waals surface area contributed by atoms with Crippen LogP contribution in [0.5, 0.6) is 5.75 Å². The Morgan fingerprint density at radius 1 is 0.900 bits per heavy atom. The quantitative estimate of drug-likeness (QED) is 0.748. The van der Waals surface area contributed by atoms with E-state index in [1.165, 1.54) is 11.3 Å². The van der Waals surface area contributed by atoms with E-state index in [9.17, 15) is 0 Å². The average Bonchev–Trinajstić information content (AvgIpc) is 2.53. The molecule has 0 aliphatic heterocycles. The highest BCUT2D eigenvalue weighted by Gasteiger charge is 2.05. The van der Waals surface area contributed by atoms with Crippen LogP contribution in [-0.4, -0.2) is 19.7 Å². The lowest BCUT2D eigenvalue weighted by Gasteiger charge is -2.23. The number of anilines is 1. The molecule has 20 heavy (non-hydrogen) atoms. The molecule has 0 amide bonds. The molecule has 0 radical (unpaired) electrons. The Hall–Kier alpha value is -1.96. The predicted molar refractivity (Wildman–Crippen MR) is 85.6 cm³/mol. The Labute approximate surface area is 122 Å². The molecule has 2 nitrogen and oxygen atoms in total. The van der Waals surface area contributed by atoms with Crippen molar-refractivity contribution in [2.75, 3.05) is 24.6 Å². The van der Waals surface area contributed by atoms with Gasteiger partial charge in [-0.25, -0.2) is 0 Å². The van der Waals surface area contributed by atoms with Gasteiger partial charge in [0.25, 0.3) is 0 Å². The summed E-state index contributed by atoms with van der Waals surface area (Å²) in [5.41, 5.74) is 2.53. The average molecular weight is 269 g/mol. The summed E-state index contributed by atoms with van der Waals surface area (Å²) in [5.74, 6) is 1.01. The fraction of sp³-hybridized carbons (Fsp3) is 0.333. The van der Waals surface area contributed by atoms with Crippen molar-refractivity contribution >= 4 is 5.69 Å². The van der Waals surface area contributed by atoms with Crippen LogP contribution >= 0.6 is 0 Å². The molecule has 2 aromatic rings. The summed E-state index contributed by atoms with van der Waals surface area (Å²) in [6, 6.07) is 18.8. The first kappa shape index (κ1) is 14.4. The monoisotopic (exact) mass is 269 g/mol. The number of likely N-dealkylation sites (N-methyl/N-ethyl adjacent to an activating group) is 1. The molecule has 0 aliphatic carbocycles. The van der Waals surface area contributed by atoms with Crippen LogP contribution in [0.3, 0.4) is 0 Å². The van der Waals surface area contributed by atoms with Crippen LogP contribution in [0.4, 0.5) is 5.69 Å². The highest BCUT2D eigenvalue weighted by atomic mass is 16.5. The smallest absolute Gasteiger partial charge is 0.122 e. The van der Waals surface area contributed by atoms with Crippen LogP contribution in [0.1, 0.15) is 19.4 Å². The van der Waals surface area contributed by atoms with Gasteiger partial charge in [-0.1, -0.05) is 43.3 Å². The van der Waals surface area contributed by atoms with Crippen molar-refractivity contribution in [3.8, 4) is 5.75 Å². The molecule has 0 fully saturated rings. The number of hydrogen-bond donors (Lipinski definition) is 0. The topological polar surface area (TPSA) is 12.5 Å². The molecule has 0 aromatic heterocycles. The molecule has 0 unspecified atom stereocenters. The first-order chi connectivity index (χ1) is 9.85. The van der Waals surface area contributed by atoms with Crippen molar-refractivity contribution in [2.45, 2.75) is 20.3 Å². The molecule has 0 saturated heterocycles. The van der Waals surface area contributed by atoms with Crippen LogP contribution in [0.15, 0.2) is 54.6 Å². The summed E-state index contributed by atoms with van der Waals surface area (Å²) in [6.45, 7) is 6.93. The van der Waals surface area contributed by atoms with Gasteiger partial charge in [-0.2, -0.15) is 0 Å². The Bertz CT molecular complexity index is 510. The summed E-state index contributed by atoms with van der Waals surface area (Å²) in [4.78, 5) is 2.33. The SMILES string of the molecule is CCc1ccccc1OCCN(CC)c1ccccc1. The fourth-order valence-corrected chi connectivity index (χ4v) is 2.31. The predicted octanol–water partition coefficient (Wildman–Crippen LogP) is 4.15. The number of hydrogen-bond acceptors (Lipinski definition) is 2. The second-order valence-electron chi connectivity index (χ2n) is 4.72. The summed E-state index contributed by atoms with van der Waals surface area (Å²) < 4.78 is 5.94. The third-order valence-electron chi connectivity index (χ3n) is 3.48. The van der Waals surface area contributed by atoms with Gasteiger partial charge in [-0.3, -0.25) is 0 Å². The zero-order chi connectivity index (χ0) is 14.2. The highest BCUT2D eigenvalue weighted by molar-refractivity contribution is 5.45. The molecule has 2 heteroatoms. The molecule has 0 spiro atoms. The normalized spacial score (nSPS) is 10.3. The van der Waals surface area contributed by atoms with E-state index in [1.54, 1.807) is 0 Å². The zero-order valence-corrected chi connectivity index (χ0v) is 12.4. The van der Waals surface area contributed by atoms with Gasteiger partial charge in [0.1, 0.15) is 12.4 Å². The highest BCUT2D eigenvalue weighted by Crippen LogP contribution is 2.18. The number of benzene rings is 2. The second-order valence-corrected chi connectivity index (χ2v) is 4.72. The minimum atomic E-state index is 0.708. The lowest BCUT2D eigenvalue weighted by Crippen LogP contribution is -2.28. The first-order valence-corrected chi connectivity index (χ1v) is 7.35. The zero-order valence-electron chi connectivity index (χ0n) is 12.4. The largest absolute Gasteiger partial charge is 0.491 e. The third-order valence-corrected chi connectivity index (χ3v) is 3.48. The van der Waals surface area contributed by atoms with Crippen molar-refractivity contribution in [1.29, 1.82) is 0 Å². The molecule has 106 valence electrons. The molecule has 2 rings (SSSR count). The summed E-state index contributed by atoms with van der Waals surface area (Å²) in [5, 5.41) is 0. The van der Waals surface area contributed by atoms with E-state index in [4.69, 9.17) is 4.74 Å². The number of nitrogens with zero attached hydrogens (tertiary/aromatic N) is 1. The summed E-state index contributed by atoms with van der Waals surface area (Å²) in [6.07, 6.45) is 1.01. The van der Waals surface area contributed by atoms with Gasteiger partial charge in [0.2, 0.25) is 0 Å². The van der Waals surface area contributed by atoms with Crippen LogP contribution in [-0.2, 0) is 6.42 Å². The fourth-order valence-electron chi connectivity index (χ4n) is 2.31. The Balaban J connectivity index is 1.91. The number of aryl methyl sites for hydroxylation is 1. The maximum atomic E-state index is 5.94. The molecule has 0 N–H and O–H groups in total. The molecular formula is C18H23NO. The number of rotatable bonds is 7. The van der Waals surface area contributed by atoms with Crippen molar-refractivity contribution in [1.82, 2.24) is 0 Å². The van der Waals surface area contributed by atoms with E-state index < -0.39 is 0 Å². The first-order valence-electron chi connectivity index (χ1n) is 7.35. The molecular weight excluding hydrogens is 246 g/mol. The van der Waals surface area contributed by atoms with Gasteiger partial charge in [-0.05, 0) is 37.1 Å². The molecule has 0 heterocycles. The molecule has 0 saturated carbocycles. The summed E-state index contributed by atoms with van der Waals surface area (Å²) in [7, 11) is 0. The van der Waals surface area contributed by atoms with E-state index in [0.717, 1.165) is 25.3 Å². The Kier molecular flexibility index (Phi) is 5.48. The van der Waals surface area contributed by atoms with Crippen LogP contribution < -0.4 is 9.64 Å². The lowest BCUT2D eigenvalue weighted by atomic mass is 10.1. The van der Waals surface area contributed by atoms with E-state index in [-0.39, 0.29) is 0 Å². The van der Waals surface area contributed by atoms with E-state index in [2.05, 4.69) is 61.2 Å². The maximum absolute atomic E-state index is 5.94. The Morgan fingerprint density at radius 3 is 2.30 bits per heavy atom. The number of para-hydroxylation sites is 2. The van der Waals surface area contributed by atoms with Crippen molar-refractivity contribution < 1.29 is 4.74 Å². The van der Waals surface area contributed by atoms with Crippen molar-refractivity contribution in [2.24, 2.45) is 0 Å². The lowest BCUT2D eigenvalue weighted by molar-refractivity contribution is 0.321. The summed E-state index contributed by atoms with van der Waals surface area (Å²) >= 11 is 0. The number of ether oxygens (including phenoxy) is 1. The van der Waals surface area contributed by atoms with Gasteiger partial charge < -0.3 is 9.64 Å². The van der Waals surface area contributed by atoms with Gasteiger partial charge >= 0.3 is 0 Å².